The van der Waals surface area contributed by atoms with Gasteiger partial charge >= 0.3 is 5.97 Å². The van der Waals surface area contributed by atoms with Crippen LogP contribution in [0, 0.1) is 13.8 Å². The Morgan fingerprint density at radius 1 is 0.727 bits per heavy atom. The maximum absolute atomic E-state index is 10.7. The van der Waals surface area contributed by atoms with E-state index < -0.39 is 0 Å². The molecule has 0 bridgehead atoms. The Morgan fingerprint density at radius 2 is 1.12 bits per heavy atom. The fourth-order valence-electron chi connectivity index (χ4n) is 4.32. The van der Waals surface area contributed by atoms with E-state index in [0.29, 0.717) is 12.4 Å². The van der Waals surface area contributed by atoms with Gasteiger partial charge in [-0.1, -0.05) is 102 Å². The van der Waals surface area contributed by atoms with Crippen LogP contribution in [0.5, 0.6) is 5.75 Å². The van der Waals surface area contributed by atoms with E-state index in [4.69, 9.17) is 4.74 Å². The summed E-state index contributed by atoms with van der Waals surface area (Å²) in [6.45, 7) is 6.04. The summed E-state index contributed by atoms with van der Waals surface area (Å²) in [5, 5.41) is 9.87. The van der Waals surface area contributed by atoms with E-state index in [9.17, 15) is 9.90 Å². The van der Waals surface area contributed by atoms with Crippen molar-refractivity contribution in [2.75, 3.05) is 12.4 Å². The van der Waals surface area contributed by atoms with E-state index in [0.717, 1.165) is 23.3 Å². The smallest absolute Gasteiger partial charge is 0.302 e. The molecule has 0 aliphatic heterocycles. The molecule has 0 saturated heterocycles. The van der Waals surface area contributed by atoms with Crippen molar-refractivity contribution in [1.82, 2.24) is 0 Å². The molecule has 3 nitrogen and oxygen atoms in total. The van der Waals surface area contributed by atoms with Crippen LogP contribution < -0.4 is 0 Å². The van der Waals surface area contributed by atoms with Crippen molar-refractivity contribution in [3.63, 3.8) is 0 Å². The number of phenolic OH excluding ortho intramolecular Hbond substituents is 1. The summed E-state index contributed by atoms with van der Waals surface area (Å²) in [5.41, 5.74) is 3.32. The Bertz CT molecular complexity index is 606. The molecule has 33 heavy (non-hydrogen) atoms. The maximum Gasteiger partial charge on any atom is 0.302 e. The molecule has 0 saturated carbocycles. The van der Waals surface area contributed by atoms with Crippen molar-refractivity contribution in [3.8, 4) is 5.75 Å². The zero-order valence-electron chi connectivity index (χ0n) is 21.8. The predicted octanol–water partition coefficient (Wildman–Crippen LogP) is 9.05. The van der Waals surface area contributed by atoms with Gasteiger partial charge in [0.2, 0.25) is 0 Å². The number of hydrogen-bond acceptors (Lipinski definition) is 4. The second-order valence-electron chi connectivity index (χ2n) is 9.63. The molecule has 0 fully saturated rings. The number of carbonyl (C=O) groups excluding carboxylic acids is 1. The van der Waals surface area contributed by atoms with Crippen LogP contribution >= 0.6 is 11.8 Å². The number of carbonyl (C=O) groups is 1. The van der Waals surface area contributed by atoms with Crippen LogP contribution in [0.3, 0.4) is 0 Å². The summed E-state index contributed by atoms with van der Waals surface area (Å²) in [6.07, 6.45) is 21.5. The lowest BCUT2D eigenvalue weighted by Crippen LogP contribution is -2.00. The highest BCUT2D eigenvalue weighted by atomic mass is 32.2. The lowest BCUT2D eigenvalue weighted by Gasteiger charge is -2.08. The third kappa shape index (κ3) is 17.0. The molecule has 1 aromatic carbocycles. The van der Waals surface area contributed by atoms with Crippen LogP contribution in [0.25, 0.3) is 0 Å². The van der Waals surface area contributed by atoms with Gasteiger partial charge in [-0.15, -0.1) is 0 Å². The topological polar surface area (TPSA) is 46.5 Å². The standard InChI is InChI=1S/C29H50O3S/c1-25-22-28(23-26(2)29(25)31)24-33-21-19-17-15-13-11-9-7-5-4-6-8-10-12-14-16-18-20-32-27(3)30/h22-23,31H,4-21,24H2,1-3H3. The lowest BCUT2D eigenvalue weighted by molar-refractivity contribution is -0.141. The maximum atomic E-state index is 10.7. The number of thioether (sulfide) groups is 1. The molecule has 1 N–H and O–H groups in total. The van der Waals surface area contributed by atoms with Crippen LogP contribution in [0.2, 0.25) is 0 Å². The zero-order valence-corrected chi connectivity index (χ0v) is 22.6. The van der Waals surface area contributed by atoms with Gasteiger partial charge in [0.1, 0.15) is 5.75 Å². The average molecular weight is 479 g/mol. The first kappa shape index (κ1) is 29.9. The molecule has 1 aromatic rings. The molecule has 0 aromatic heterocycles. The molecule has 0 heterocycles. The summed E-state index contributed by atoms with van der Waals surface area (Å²) in [4.78, 5) is 10.7. The summed E-state index contributed by atoms with van der Waals surface area (Å²) in [7, 11) is 0. The first-order valence-corrected chi connectivity index (χ1v) is 14.7. The Kier molecular flexibility index (Phi) is 18.3. The van der Waals surface area contributed by atoms with Crippen LogP contribution in [0.4, 0.5) is 0 Å². The Labute approximate surface area is 208 Å². The highest BCUT2D eigenvalue weighted by Gasteiger charge is 2.03. The molecular formula is C29H50O3S. The highest BCUT2D eigenvalue weighted by Crippen LogP contribution is 2.25. The number of rotatable bonds is 21. The van der Waals surface area contributed by atoms with Crippen molar-refractivity contribution < 1.29 is 14.6 Å². The first-order chi connectivity index (χ1) is 16.0. The van der Waals surface area contributed by atoms with Crippen molar-refractivity contribution in [2.24, 2.45) is 0 Å². The summed E-state index contributed by atoms with van der Waals surface area (Å²) in [5.74, 6) is 2.59. The minimum absolute atomic E-state index is 0.159. The molecule has 0 aliphatic carbocycles. The highest BCUT2D eigenvalue weighted by molar-refractivity contribution is 7.98. The van der Waals surface area contributed by atoms with Gasteiger partial charge in [0.15, 0.2) is 0 Å². The fraction of sp³-hybridized carbons (Fsp3) is 0.759. The predicted molar refractivity (Wildman–Crippen MR) is 144 cm³/mol. The molecule has 0 amide bonds. The van der Waals surface area contributed by atoms with Gasteiger partial charge in [0.05, 0.1) is 6.61 Å². The van der Waals surface area contributed by atoms with Gasteiger partial charge in [0.25, 0.3) is 0 Å². The molecular weight excluding hydrogens is 428 g/mol. The number of hydrogen-bond donors (Lipinski definition) is 1. The third-order valence-electron chi connectivity index (χ3n) is 6.31. The van der Waals surface area contributed by atoms with Crippen molar-refractivity contribution in [2.45, 2.75) is 129 Å². The van der Waals surface area contributed by atoms with Gasteiger partial charge in [-0.2, -0.15) is 11.8 Å². The van der Waals surface area contributed by atoms with Crippen LogP contribution in [0.1, 0.15) is 126 Å². The number of aromatic hydroxyl groups is 1. The lowest BCUT2D eigenvalue weighted by atomic mass is 10.0. The van der Waals surface area contributed by atoms with Crippen molar-refractivity contribution >= 4 is 17.7 Å². The number of esters is 1. The largest absolute Gasteiger partial charge is 0.507 e. The monoisotopic (exact) mass is 478 g/mol. The molecule has 0 spiro atoms. The van der Waals surface area contributed by atoms with E-state index >= 15 is 0 Å². The quantitative estimate of drug-likeness (QED) is 0.141. The van der Waals surface area contributed by atoms with Gasteiger partial charge in [-0.25, -0.2) is 0 Å². The molecule has 190 valence electrons. The van der Waals surface area contributed by atoms with E-state index in [1.54, 1.807) is 0 Å². The average Bonchev–Trinajstić information content (AvgIpc) is 2.78. The molecule has 0 radical (unpaired) electrons. The molecule has 0 aliphatic rings. The minimum Gasteiger partial charge on any atom is -0.507 e. The number of benzene rings is 1. The van der Waals surface area contributed by atoms with E-state index in [2.05, 4.69) is 12.1 Å². The van der Waals surface area contributed by atoms with E-state index in [1.165, 1.54) is 115 Å². The number of ether oxygens (including phenoxy) is 1. The minimum atomic E-state index is -0.159. The Morgan fingerprint density at radius 3 is 1.55 bits per heavy atom. The van der Waals surface area contributed by atoms with Gasteiger partial charge in [-0.3, -0.25) is 4.79 Å². The van der Waals surface area contributed by atoms with Gasteiger partial charge in [0, 0.05) is 12.7 Å². The van der Waals surface area contributed by atoms with Crippen LogP contribution in [-0.4, -0.2) is 23.4 Å². The number of unbranched alkanes of at least 4 members (excludes halogenated alkanes) is 15. The molecule has 4 heteroatoms. The second-order valence-corrected chi connectivity index (χ2v) is 10.7. The fourth-order valence-corrected chi connectivity index (χ4v) is 5.27. The number of phenols is 1. The summed E-state index contributed by atoms with van der Waals surface area (Å²) in [6, 6.07) is 4.24. The Hall–Kier alpha value is -1.16. The summed E-state index contributed by atoms with van der Waals surface area (Å²) >= 11 is 2.02. The van der Waals surface area contributed by atoms with Crippen molar-refractivity contribution in [1.29, 1.82) is 0 Å². The van der Waals surface area contributed by atoms with Crippen LogP contribution in [-0.2, 0) is 15.3 Å². The zero-order chi connectivity index (χ0) is 24.2. The first-order valence-electron chi connectivity index (χ1n) is 13.5. The van der Waals surface area contributed by atoms with E-state index in [1.807, 2.05) is 25.6 Å². The second kappa shape index (κ2) is 20.2. The number of aryl methyl sites for hydroxylation is 2. The van der Waals surface area contributed by atoms with Crippen molar-refractivity contribution in [3.05, 3.63) is 28.8 Å². The molecule has 1 rings (SSSR count). The summed E-state index contributed by atoms with van der Waals surface area (Å²) < 4.78 is 4.95. The van der Waals surface area contributed by atoms with E-state index in [-0.39, 0.29) is 5.97 Å². The SMILES string of the molecule is CC(=O)OCCCCCCCCCCCCCCCCCCSCc1cc(C)c(O)c(C)c1. The molecule has 0 atom stereocenters. The van der Waals surface area contributed by atoms with Gasteiger partial charge < -0.3 is 9.84 Å². The molecule has 0 unspecified atom stereocenters. The van der Waals surface area contributed by atoms with Gasteiger partial charge in [-0.05, 0) is 49.1 Å². The third-order valence-corrected chi connectivity index (χ3v) is 7.42. The Balaban J connectivity index is 1.76. The normalized spacial score (nSPS) is 11.1. The van der Waals surface area contributed by atoms with Crippen LogP contribution in [0.15, 0.2) is 12.1 Å².